The molecule has 7 nitrogen and oxygen atoms in total. The summed E-state index contributed by atoms with van der Waals surface area (Å²) < 4.78 is 5.36. The number of ether oxygens (including phenoxy) is 1. The molecule has 2 fully saturated rings. The van der Waals surface area contributed by atoms with Crippen LogP contribution in [-0.2, 0) is 30.3 Å². The fraction of sp³-hybridized carbons (Fsp3) is 0.357. The number of nitrogens with zero attached hydrogens (tertiary/aromatic N) is 1. The molecule has 2 bridgehead atoms. The summed E-state index contributed by atoms with van der Waals surface area (Å²) in [6.45, 7) is 3.35. The summed E-state index contributed by atoms with van der Waals surface area (Å²) in [7, 11) is 0. The molecule has 1 saturated carbocycles. The van der Waals surface area contributed by atoms with Gasteiger partial charge in [-0.05, 0) is 60.9 Å². The number of benzene rings is 2. The van der Waals surface area contributed by atoms with E-state index in [0.717, 1.165) is 28.0 Å². The Morgan fingerprint density at radius 1 is 0.971 bits per heavy atom. The van der Waals surface area contributed by atoms with Crippen LogP contribution in [0.2, 0.25) is 0 Å². The molecule has 0 radical (unpaired) electrons. The Labute approximate surface area is 204 Å². The second-order valence-electron chi connectivity index (χ2n) is 9.78. The van der Waals surface area contributed by atoms with Crippen molar-refractivity contribution < 1.29 is 23.9 Å². The van der Waals surface area contributed by atoms with Gasteiger partial charge in [0.25, 0.3) is 5.91 Å². The Balaban J connectivity index is 1.32. The van der Waals surface area contributed by atoms with Crippen LogP contribution in [0.15, 0.2) is 60.7 Å². The van der Waals surface area contributed by atoms with E-state index in [1.54, 1.807) is 0 Å². The van der Waals surface area contributed by atoms with E-state index in [2.05, 4.69) is 5.32 Å². The smallest absolute Gasteiger partial charge is 0.330 e. The first kappa shape index (κ1) is 23.0. The molecule has 2 aromatic rings. The molecular weight excluding hydrogens is 444 g/mol. The number of carbonyl (C=O) groups is 4. The van der Waals surface area contributed by atoms with Gasteiger partial charge in [0.2, 0.25) is 11.8 Å². The van der Waals surface area contributed by atoms with Gasteiger partial charge in [0.15, 0.2) is 6.61 Å². The second-order valence-corrected chi connectivity index (χ2v) is 9.78. The molecule has 0 aromatic heterocycles. The fourth-order valence-electron chi connectivity index (χ4n) is 5.83. The Bertz CT molecular complexity index is 1170. The topological polar surface area (TPSA) is 92.8 Å². The Morgan fingerprint density at radius 2 is 1.57 bits per heavy atom. The average molecular weight is 473 g/mol. The number of amides is 3. The van der Waals surface area contributed by atoms with E-state index in [0.29, 0.717) is 5.69 Å². The van der Waals surface area contributed by atoms with Crippen molar-refractivity contribution in [3.63, 3.8) is 0 Å². The number of fused-ring (bicyclic) bond motifs is 5. The summed E-state index contributed by atoms with van der Waals surface area (Å²) in [5, 5.41) is 2.74. The van der Waals surface area contributed by atoms with Crippen molar-refractivity contribution in [1.29, 1.82) is 0 Å². The number of aryl methyl sites for hydroxylation is 2. The molecule has 1 N–H and O–H groups in total. The number of carbonyl (C=O) groups excluding carboxylic acids is 4. The van der Waals surface area contributed by atoms with Crippen molar-refractivity contribution in [2.45, 2.75) is 32.7 Å². The zero-order valence-corrected chi connectivity index (χ0v) is 19.8. The normalized spacial score (nSPS) is 25.0. The number of esters is 1. The minimum absolute atomic E-state index is 0.0448. The summed E-state index contributed by atoms with van der Waals surface area (Å²) in [6.07, 6.45) is 4.98. The van der Waals surface area contributed by atoms with Crippen LogP contribution < -0.4 is 5.32 Å². The van der Waals surface area contributed by atoms with Crippen LogP contribution in [0, 0.1) is 37.5 Å². The average Bonchev–Trinajstić information content (AvgIpc) is 3.50. The van der Waals surface area contributed by atoms with Crippen molar-refractivity contribution in [2.75, 3.05) is 11.9 Å². The predicted octanol–water partition coefficient (Wildman–Crippen LogP) is 3.20. The molecule has 2 aromatic carbocycles. The third-order valence-electron chi connectivity index (χ3n) is 7.21. The van der Waals surface area contributed by atoms with E-state index in [1.165, 1.54) is 0 Å². The lowest BCUT2D eigenvalue weighted by Gasteiger charge is -2.26. The maximum atomic E-state index is 13.4. The first-order chi connectivity index (χ1) is 16.8. The highest BCUT2D eigenvalue weighted by Crippen LogP contribution is 2.53. The van der Waals surface area contributed by atoms with Gasteiger partial charge in [-0.3, -0.25) is 19.3 Å². The molecule has 1 heterocycles. The van der Waals surface area contributed by atoms with Crippen LogP contribution in [0.5, 0.6) is 0 Å². The summed E-state index contributed by atoms with van der Waals surface area (Å²) in [5.41, 5.74) is 3.42. The Kier molecular flexibility index (Phi) is 6.01. The summed E-state index contributed by atoms with van der Waals surface area (Å²) >= 11 is 0. The predicted molar refractivity (Wildman–Crippen MR) is 129 cm³/mol. The second kappa shape index (κ2) is 9.13. The van der Waals surface area contributed by atoms with E-state index < -0.39 is 36.4 Å². The quantitative estimate of drug-likeness (QED) is 0.380. The Morgan fingerprint density at radius 3 is 2.17 bits per heavy atom. The number of rotatable bonds is 7. The van der Waals surface area contributed by atoms with E-state index in [9.17, 15) is 19.2 Å². The van der Waals surface area contributed by atoms with Crippen molar-refractivity contribution in [2.24, 2.45) is 23.7 Å². The molecule has 5 rings (SSSR count). The van der Waals surface area contributed by atoms with Crippen LogP contribution in [-0.4, -0.2) is 41.2 Å². The van der Waals surface area contributed by atoms with Crippen molar-refractivity contribution >= 4 is 29.4 Å². The molecular formula is C28H28N2O5. The number of hydrogen-bond donors (Lipinski definition) is 1. The first-order valence-corrected chi connectivity index (χ1v) is 12.0. The van der Waals surface area contributed by atoms with E-state index in [1.807, 2.05) is 74.5 Å². The van der Waals surface area contributed by atoms with E-state index >= 15 is 0 Å². The van der Waals surface area contributed by atoms with Gasteiger partial charge < -0.3 is 10.1 Å². The Hall–Kier alpha value is -3.74. The van der Waals surface area contributed by atoms with Crippen LogP contribution in [0.3, 0.4) is 0 Å². The van der Waals surface area contributed by atoms with E-state index in [-0.39, 0.29) is 30.1 Å². The fourth-order valence-corrected chi connectivity index (χ4v) is 5.83. The van der Waals surface area contributed by atoms with Gasteiger partial charge in [-0.1, -0.05) is 48.6 Å². The minimum Gasteiger partial charge on any atom is -0.454 e. The van der Waals surface area contributed by atoms with E-state index in [4.69, 9.17) is 4.74 Å². The van der Waals surface area contributed by atoms with Gasteiger partial charge in [0.1, 0.15) is 6.04 Å². The molecule has 35 heavy (non-hydrogen) atoms. The highest BCUT2D eigenvalue weighted by molar-refractivity contribution is 6.09. The standard InChI is InChI=1S/C28H28N2O5/c1-16-10-17(2)12-21(11-16)29-23(31)15-35-28(34)22(13-18-6-4-3-5-7-18)30-26(32)24-19-8-9-20(14-19)25(24)27(30)33/h3-12,19-20,22,24-25H,13-15H2,1-2H3,(H,29,31)/t19-,20-,22+,24-,25+/m0/s1. The molecule has 1 aliphatic heterocycles. The van der Waals surface area contributed by atoms with Crippen LogP contribution in [0.4, 0.5) is 5.69 Å². The molecule has 180 valence electrons. The van der Waals surface area contributed by atoms with Gasteiger partial charge in [-0.15, -0.1) is 0 Å². The molecule has 5 atom stereocenters. The first-order valence-electron chi connectivity index (χ1n) is 12.0. The maximum Gasteiger partial charge on any atom is 0.330 e. The molecule has 3 aliphatic rings. The molecule has 3 amide bonds. The third-order valence-corrected chi connectivity index (χ3v) is 7.21. The van der Waals surface area contributed by atoms with Gasteiger partial charge in [-0.25, -0.2) is 4.79 Å². The van der Waals surface area contributed by atoms with Crippen molar-refractivity contribution in [3.8, 4) is 0 Å². The molecule has 0 unspecified atom stereocenters. The number of allylic oxidation sites excluding steroid dienone is 2. The number of anilines is 1. The number of hydrogen-bond acceptors (Lipinski definition) is 5. The molecule has 7 heteroatoms. The summed E-state index contributed by atoms with van der Waals surface area (Å²) in [5.74, 6) is -2.59. The number of likely N-dealkylation sites (tertiary alicyclic amines) is 1. The third kappa shape index (κ3) is 4.38. The molecule has 0 spiro atoms. The van der Waals surface area contributed by atoms with Crippen LogP contribution in [0.1, 0.15) is 23.1 Å². The molecule has 1 saturated heterocycles. The summed E-state index contributed by atoms with van der Waals surface area (Å²) in [6, 6.07) is 13.7. The zero-order valence-electron chi connectivity index (χ0n) is 19.8. The molecule has 2 aliphatic carbocycles. The van der Waals surface area contributed by atoms with Gasteiger partial charge in [0.05, 0.1) is 11.8 Å². The largest absolute Gasteiger partial charge is 0.454 e. The lowest BCUT2D eigenvalue weighted by molar-refractivity contribution is -0.160. The van der Waals surface area contributed by atoms with Crippen LogP contribution >= 0.6 is 0 Å². The van der Waals surface area contributed by atoms with Gasteiger partial charge >= 0.3 is 5.97 Å². The number of nitrogens with one attached hydrogen (secondary N) is 1. The zero-order chi connectivity index (χ0) is 24.7. The lowest BCUT2D eigenvalue weighted by Crippen LogP contribution is -2.48. The highest BCUT2D eigenvalue weighted by atomic mass is 16.5. The monoisotopic (exact) mass is 472 g/mol. The van der Waals surface area contributed by atoms with Crippen molar-refractivity contribution in [1.82, 2.24) is 4.90 Å². The maximum absolute atomic E-state index is 13.4. The minimum atomic E-state index is -1.11. The SMILES string of the molecule is Cc1cc(C)cc(NC(=O)COC(=O)[C@@H](Cc2ccccc2)N2C(=O)[C@@H]3[C@H](C2=O)[C@H]2C=C[C@H]3C2)c1. The number of imide groups is 1. The lowest BCUT2D eigenvalue weighted by atomic mass is 9.85. The van der Waals surface area contributed by atoms with Crippen LogP contribution in [0.25, 0.3) is 0 Å². The van der Waals surface area contributed by atoms with Gasteiger partial charge in [-0.2, -0.15) is 0 Å². The highest BCUT2D eigenvalue weighted by Gasteiger charge is 2.61. The summed E-state index contributed by atoms with van der Waals surface area (Å²) in [4.78, 5) is 53.5. The van der Waals surface area contributed by atoms with Gasteiger partial charge in [0, 0.05) is 12.1 Å². The van der Waals surface area contributed by atoms with Crippen molar-refractivity contribution in [3.05, 3.63) is 77.4 Å².